The van der Waals surface area contributed by atoms with Crippen LogP contribution in [0.2, 0.25) is 0 Å². The van der Waals surface area contributed by atoms with E-state index in [1.54, 1.807) is 16.2 Å². The molecule has 7 heteroatoms. The molecule has 118 valence electrons. The van der Waals surface area contributed by atoms with Gasteiger partial charge in [0.05, 0.1) is 22.7 Å². The number of amides is 2. The molecule has 0 unspecified atom stereocenters. The van der Waals surface area contributed by atoms with Gasteiger partial charge >= 0.3 is 0 Å². The summed E-state index contributed by atoms with van der Waals surface area (Å²) in [5, 5.41) is 1.19. The molecule has 2 N–H and O–H groups in total. The first-order valence-electron chi connectivity index (χ1n) is 7.25. The highest BCUT2D eigenvalue weighted by atomic mass is 32.1. The third-order valence-corrected chi connectivity index (χ3v) is 6.33. The molecule has 5 nitrogen and oxygen atoms in total. The molecule has 2 amide bonds. The number of rotatable bonds is 2. The first-order valence-corrected chi connectivity index (χ1v) is 8.88. The maximum atomic E-state index is 12.7. The number of carbonyl (C=O) groups is 2. The van der Waals surface area contributed by atoms with Crippen molar-refractivity contribution in [2.24, 2.45) is 5.73 Å². The Kier molecular flexibility index (Phi) is 3.56. The summed E-state index contributed by atoms with van der Waals surface area (Å²) < 4.78 is 8.80. The first-order chi connectivity index (χ1) is 11.1. The fourth-order valence-corrected chi connectivity index (χ4v) is 5.26. The van der Waals surface area contributed by atoms with Crippen molar-refractivity contribution in [1.82, 2.24) is 4.90 Å². The smallest absolute Gasteiger partial charge is 0.264 e. The van der Waals surface area contributed by atoms with Gasteiger partial charge in [-0.15, -0.1) is 22.7 Å². The zero-order valence-electron chi connectivity index (χ0n) is 12.2. The molecular weight excluding hydrogens is 332 g/mol. The summed E-state index contributed by atoms with van der Waals surface area (Å²) in [4.78, 5) is 26.3. The van der Waals surface area contributed by atoms with Gasteiger partial charge in [-0.1, -0.05) is 18.2 Å². The lowest BCUT2D eigenvalue weighted by Crippen LogP contribution is -2.50. The molecule has 23 heavy (non-hydrogen) atoms. The number of morpholine rings is 1. The minimum absolute atomic E-state index is 0.0583. The molecule has 3 aromatic rings. The summed E-state index contributed by atoms with van der Waals surface area (Å²) >= 11 is 3.20. The van der Waals surface area contributed by atoms with Gasteiger partial charge in [-0.25, -0.2) is 0 Å². The van der Waals surface area contributed by atoms with Crippen LogP contribution in [0.5, 0.6) is 0 Å². The molecule has 0 bridgehead atoms. The van der Waals surface area contributed by atoms with Gasteiger partial charge < -0.3 is 15.4 Å². The summed E-state index contributed by atoms with van der Waals surface area (Å²) in [7, 11) is 0. The molecule has 2 aromatic heterocycles. The second kappa shape index (κ2) is 5.59. The number of thiophene rings is 2. The van der Waals surface area contributed by atoms with Crippen molar-refractivity contribution in [2.75, 3.05) is 19.7 Å². The molecule has 3 heterocycles. The Bertz CT molecular complexity index is 914. The van der Waals surface area contributed by atoms with E-state index < -0.39 is 12.0 Å². The van der Waals surface area contributed by atoms with Crippen molar-refractivity contribution in [1.29, 1.82) is 0 Å². The highest BCUT2D eigenvalue weighted by Crippen LogP contribution is 2.39. The number of ether oxygens (including phenoxy) is 1. The summed E-state index contributed by atoms with van der Waals surface area (Å²) in [5.74, 6) is -0.585. The van der Waals surface area contributed by atoms with Crippen molar-refractivity contribution < 1.29 is 14.3 Å². The molecule has 4 rings (SSSR count). The molecule has 0 radical (unpaired) electrons. The zero-order chi connectivity index (χ0) is 16.0. The van der Waals surface area contributed by atoms with Gasteiger partial charge in [0.25, 0.3) is 5.91 Å². The van der Waals surface area contributed by atoms with Gasteiger partial charge in [0.15, 0.2) is 6.10 Å². The van der Waals surface area contributed by atoms with Crippen LogP contribution in [0.4, 0.5) is 0 Å². The molecule has 0 saturated carbocycles. The van der Waals surface area contributed by atoms with Crippen LogP contribution in [0, 0.1) is 0 Å². The quantitative estimate of drug-likeness (QED) is 0.775. The first kappa shape index (κ1) is 14.6. The van der Waals surface area contributed by atoms with E-state index in [0.717, 1.165) is 9.40 Å². The van der Waals surface area contributed by atoms with E-state index in [0.29, 0.717) is 18.0 Å². The molecule has 1 aliphatic rings. The van der Waals surface area contributed by atoms with E-state index in [1.807, 2.05) is 18.2 Å². The van der Waals surface area contributed by atoms with Crippen LogP contribution in [0.25, 0.3) is 19.5 Å². The van der Waals surface area contributed by atoms with Crippen LogP contribution < -0.4 is 5.73 Å². The van der Waals surface area contributed by atoms with Gasteiger partial charge in [0, 0.05) is 21.3 Å². The Morgan fingerprint density at radius 1 is 1.22 bits per heavy atom. The molecule has 1 atom stereocenters. The van der Waals surface area contributed by atoms with Crippen molar-refractivity contribution in [2.45, 2.75) is 6.10 Å². The number of primary amides is 1. The number of benzene rings is 1. The van der Waals surface area contributed by atoms with Crippen LogP contribution in [0.1, 0.15) is 9.67 Å². The standard InChI is InChI=1S/C16H14N2O3S2/c17-15(19)10-8-18(5-6-21-10)16(20)13-7-12-14(23-13)9-3-1-2-4-11(9)22-12/h1-4,7,10H,5-6,8H2,(H2,17,19)/t10-/m1/s1. The minimum atomic E-state index is -0.713. The van der Waals surface area contributed by atoms with Gasteiger partial charge in [-0.05, 0) is 12.1 Å². The van der Waals surface area contributed by atoms with Crippen LogP contribution in [-0.4, -0.2) is 42.5 Å². The minimum Gasteiger partial charge on any atom is -0.367 e. The number of fused-ring (bicyclic) bond motifs is 3. The molecule has 1 aromatic carbocycles. The normalized spacial score (nSPS) is 18.6. The maximum absolute atomic E-state index is 12.7. The van der Waals surface area contributed by atoms with E-state index in [2.05, 4.69) is 12.1 Å². The molecule has 0 spiro atoms. The summed E-state index contributed by atoms with van der Waals surface area (Å²) in [6.07, 6.45) is -0.713. The highest BCUT2D eigenvalue weighted by molar-refractivity contribution is 7.33. The van der Waals surface area contributed by atoms with Crippen LogP contribution >= 0.6 is 22.7 Å². The van der Waals surface area contributed by atoms with Gasteiger partial charge in [0.2, 0.25) is 5.91 Å². The van der Waals surface area contributed by atoms with Gasteiger partial charge in [-0.3, -0.25) is 9.59 Å². The second-order valence-corrected chi connectivity index (χ2v) is 7.55. The van der Waals surface area contributed by atoms with Crippen molar-refractivity contribution in [3.63, 3.8) is 0 Å². The van der Waals surface area contributed by atoms with E-state index in [4.69, 9.17) is 10.5 Å². The Labute approximate surface area is 140 Å². The predicted octanol–water partition coefficient (Wildman–Crippen LogP) is 2.44. The topological polar surface area (TPSA) is 72.6 Å². The maximum Gasteiger partial charge on any atom is 0.264 e. The third kappa shape index (κ3) is 2.50. The second-order valence-electron chi connectivity index (χ2n) is 5.42. The summed E-state index contributed by atoms with van der Waals surface area (Å²) in [6.45, 7) is 1.04. The van der Waals surface area contributed by atoms with E-state index in [-0.39, 0.29) is 12.5 Å². The van der Waals surface area contributed by atoms with E-state index >= 15 is 0 Å². The average Bonchev–Trinajstić information content (AvgIpc) is 3.12. The van der Waals surface area contributed by atoms with E-state index in [9.17, 15) is 9.59 Å². The molecule has 1 aliphatic heterocycles. The average molecular weight is 346 g/mol. The third-order valence-electron chi connectivity index (χ3n) is 3.93. The number of hydrogen-bond donors (Lipinski definition) is 1. The summed E-state index contributed by atoms with van der Waals surface area (Å²) in [6, 6.07) is 10.1. The Morgan fingerprint density at radius 2 is 2.04 bits per heavy atom. The molecule has 0 aliphatic carbocycles. The number of nitrogens with zero attached hydrogens (tertiary/aromatic N) is 1. The Hall–Kier alpha value is -1.96. The number of hydrogen-bond acceptors (Lipinski definition) is 5. The fraction of sp³-hybridized carbons (Fsp3) is 0.250. The van der Waals surface area contributed by atoms with Crippen molar-refractivity contribution >= 4 is 54.0 Å². The molecular formula is C16H14N2O3S2. The number of nitrogens with two attached hydrogens (primary N) is 1. The Morgan fingerprint density at radius 3 is 2.87 bits per heavy atom. The lowest BCUT2D eigenvalue weighted by Gasteiger charge is -2.31. The monoisotopic (exact) mass is 346 g/mol. The highest BCUT2D eigenvalue weighted by Gasteiger charge is 2.29. The fourth-order valence-electron chi connectivity index (χ4n) is 2.77. The van der Waals surface area contributed by atoms with Gasteiger partial charge in [-0.2, -0.15) is 0 Å². The SMILES string of the molecule is NC(=O)[C@H]1CN(C(=O)c2cc3sc4ccccc4c3s2)CCO1. The predicted molar refractivity (Wildman–Crippen MR) is 92.0 cm³/mol. The van der Waals surface area contributed by atoms with Crippen LogP contribution in [0.15, 0.2) is 30.3 Å². The Balaban J connectivity index is 1.65. The largest absolute Gasteiger partial charge is 0.367 e. The van der Waals surface area contributed by atoms with Crippen LogP contribution in [0.3, 0.4) is 0 Å². The molecule has 1 saturated heterocycles. The van der Waals surface area contributed by atoms with Gasteiger partial charge in [0.1, 0.15) is 0 Å². The lowest BCUT2D eigenvalue weighted by molar-refractivity contribution is -0.133. The van der Waals surface area contributed by atoms with Crippen molar-refractivity contribution in [3.05, 3.63) is 35.2 Å². The van der Waals surface area contributed by atoms with E-state index in [1.165, 1.54) is 21.4 Å². The lowest BCUT2D eigenvalue weighted by atomic mass is 10.2. The van der Waals surface area contributed by atoms with Crippen LogP contribution in [-0.2, 0) is 9.53 Å². The number of carbonyl (C=O) groups excluding carboxylic acids is 2. The molecule has 1 fully saturated rings. The summed E-state index contributed by atoms with van der Waals surface area (Å²) in [5.41, 5.74) is 5.28. The zero-order valence-corrected chi connectivity index (χ0v) is 13.8. The van der Waals surface area contributed by atoms with Crippen molar-refractivity contribution in [3.8, 4) is 0 Å².